The quantitative estimate of drug-likeness (QED) is 0.459. The van der Waals surface area contributed by atoms with E-state index in [1.807, 2.05) is 39.0 Å². The standard InChI is InChI=1S/C27H38N4O6/c1-26(2,3)37-25(35)31-13-11-27(12-14-31)15-18(16-27)36-21-8-6-7-19(23(21)29(4)17-32)30(5)20-9-10-22(33)28-24(20)34/h6-8,17-18,20H,9-16H2,1-5H3,(H,28,33,34). The van der Waals surface area contributed by atoms with Crippen LogP contribution in [-0.2, 0) is 19.1 Å². The number of piperidine rings is 2. The maximum absolute atomic E-state index is 12.5. The summed E-state index contributed by atoms with van der Waals surface area (Å²) >= 11 is 0. The summed E-state index contributed by atoms with van der Waals surface area (Å²) in [6.45, 7) is 6.97. The van der Waals surface area contributed by atoms with Gasteiger partial charge < -0.3 is 24.2 Å². The van der Waals surface area contributed by atoms with Crippen molar-refractivity contribution in [3.05, 3.63) is 18.2 Å². The van der Waals surface area contributed by atoms with Gasteiger partial charge in [0.2, 0.25) is 18.2 Å². The van der Waals surface area contributed by atoms with Crippen LogP contribution in [0.1, 0.15) is 59.3 Å². The van der Waals surface area contributed by atoms with Crippen LogP contribution in [0.4, 0.5) is 16.2 Å². The lowest BCUT2D eigenvalue weighted by atomic mass is 9.61. The van der Waals surface area contributed by atoms with Gasteiger partial charge in [-0.3, -0.25) is 19.7 Å². The van der Waals surface area contributed by atoms with E-state index in [1.54, 1.807) is 23.9 Å². The molecule has 3 fully saturated rings. The maximum atomic E-state index is 12.5. The molecule has 2 saturated heterocycles. The number of carbonyl (C=O) groups is 4. The van der Waals surface area contributed by atoms with E-state index >= 15 is 0 Å². The van der Waals surface area contributed by atoms with E-state index < -0.39 is 11.6 Å². The van der Waals surface area contributed by atoms with Crippen LogP contribution in [-0.4, -0.2) is 74.1 Å². The summed E-state index contributed by atoms with van der Waals surface area (Å²) in [5.41, 5.74) is 0.919. The molecule has 3 aliphatic rings. The van der Waals surface area contributed by atoms with Crippen LogP contribution in [0.15, 0.2) is 18.2 Å². The second kappa shape index (κ2) is 10.2. The number of benzene rings is 1. The van der Waals surface area contributed by atoms with Crippen LogP contribution in [0.25, 0.3) is 0 Å². The minimum atomic E-state index is -0.520. The molecule has 10 heteroatoms. The summed E-state index contributed by atoms with van der Waals surface area (Å²) in [6.07, 6.45) is 4.72. The van der Waals surface area contributed by atoms with Crippen LogP contribution in [0.3, 0.4) is 0 Å². The van der Waals surface area contributed by atoms with Gasteiger partial charge in [-0.25, -0.2) is 4.79 Å². The van der Waals surface area contributed by atoms with Crippen molar-refractivity contribution in [1.82, 2.24) is 10.2 Å². The number of anilines is 2. The molecule has 1 aromatic carbocycles. The lowest BCUT2D eigenvalue weighted by Gasteiger charge is -2.51. The molecule has 4 amide bonds. The number of amides is 4. The van der Waals surface area contributed by atoms with E-state index in [-0.39, 0.29) is 35.8 Å². The van der Waals surface area contributed by atoms with Crippen LogP contribution in [0, 0.1) is 5.41 Å². The molecular formula is C27H38N4O6. The number of carbonyl (C=O) groups excluding carboxylic acids is 4. The Morgan fingerprint density at radius 3 is 2.43 bits per heavy atom. The summed E-state index contributed by atoms with van der Waals surface area (Å²) in [5, 5.41) is 2.40. The highest BCUT2D eigenvalue weighted by Gasteiger charge is 2.48. The highest BCUT2D eigenvalue weighted by molar-refractivity contribution is 6.02. The van der Waals surface area contributed by atoms with E-state index in [4.69, 9.17) is 9.47 Å². The fourth-order valence-corrected chi connectivity index (χ4v) is 5.58. The van der Waals surface area contributed by atoms with E-state index in [1.165, 1.54) is 4.90 Å². The highest BCUT2D eigenvalue weighted by atomic mass is 16.6. The number of rotatable bonds is 6. The molecule has 1 aliphatic carbocycles. The molecule has 1 atom stereocenters. The molecule has 1 N–H and O–H groups in total. The Hall–Kier alpha value is -3.30. The predicted molar refractivity (Wildman–Crippen MR) is 139 cm³/mol. The summed E-state index contributed by atoms with van der Waals surface area (Å²) in [4.78, 5) is 53.3. The van der Waals surface area contributed by atoms with Gasteiger partial charge in [0.05, 0.1) is 11.8 Å². The van der Waals surface area contributed by atoms with E-state index in [0.29, 0.717) is 36.6 Å². The Labute approximate surface area is 218 Å². The molecule has 1 saturated carbocycles. The van der Waals surface area contributed by atoms with E-state index in [0.717, 1.165) is 32.1 Å². The Morgan fingerprint density at radius 1 is 1.16 bits per heavy atom. The molecule has 0 bridgehead atoms. The normalized spacial score (nSPS) is 21.6. The lowest BCUT2D eigenvalue weighted by Crippen LogP contribution is -2.52. The van der Waals surface area contributed by atoms with Crippen molar-refractivity contribution in [3.8, 4) is 5.75 Å². The van der Waals surface area contributed by atoms with Gasteiger partial charge in [-0.15, -0.1) is 0 Å². The molecule has 37 heavy (non-hydrogen) atoms. The second-order valence-corrected chi connectivity index (χ2v) is 11.5. The van der Waals surface area contributed by atoms with Crippen LogP contribution in [0.5, 0.6) is 5.75 Å². The number of nitrogens with one attached hydrogen (secondary N) is 1. The number of para-hydroxylation sites is 1. The van der Waals surface area contributed by atoms with Crippen molar-refractivity contribution >= 4 is 35.7 Å². The van der Waals surface area contributed by atoms with Gasteiger partial charge in [0, 0.05) is 33.6 Å². The fraction of sp³-hybridized carbons (Fsp3) is 0.630. The van der Waals surface area contributed by atoms with Crippen molar-refractivity contribution in [1.29, 1.82) is 0 Å². The minimum absolute atomic E-state index is 0.00281. The summed E-state index contributed by atoms with van der Waals surface area (Å²) in [6, 6.07) is 5.02. The third-order valence-electron chi connectivity index (χ3n) is 7.64. The first-order valence-electron chi connectivity index (χ1n) is 12.9. The van der Waals surface area contributed by atoms with Crippen molar-refractivity contribution < 1.29 is 28.7 Å². The van der Waals surface area contributed by atoms with Crippen molar-refractivity contribution in [3.63, 3.8) is 0 Å². The number of nitrogens with zero attached hydrogens (tertiary/aromatic N) is 3. The molecule has 202 valence electrons. The minimum Gasteiger partial charge on any atom is -0.488 e. The van der Waals surface area contributed by atoms with Crippen molar-refractivity contribution in [2.75, 3.05) is 37.0 Å². The average Bonchev–Trinajstić information content (AvgIpc) is 2.81. The van der Waals surface area contributed by atoms with Crippen LogP contribution in [0.2, 0.25) is 0 Å². The molecule has 10 nitrogen and oxygen atoms in total. The van der Waals surface area contributed by atoms with E-state index in [2.05, 4.69) is 5.32 Å². The third-order valence-corrected chi connectivity index (χ3v) is 7.64. The molecule has 0 radical (unpaired) electrons. The first-order chi connectivity index (χ1) is 17.4. The zero-order valence-electron chi connectivity index (χ0n) is 22.4. The summed E-state index contributed by atoms with van der Waals surface area (Å²) in [5.74, 6) is -0.0338. The first-order valence-corrected chi connectivity index (χ1v) is 12.9. The smallest absolute Gasteiger partial charge is 0.410 e. The Kier molecular flexibility index (Phi) is 7.39. The zero-order chi connectivity index (χ0) is 27.0. The highest BCUT2D eigenvalue weighted by Crippen LogP contribution is 2.51. The van der Waals surface area contributed by atoms with Gasteiger partial charge in [0.25, 0.3) is 0 Å². The largest absolute Gasteiger partial charge is 0.488 e. The number of likely N-dealkylation sites (tertiary alicyclic amines) is 1. The van der Waals surface area contributed by atoms with Gasteiger partial charge in [-0.05, 0) is 70.4 Å². The number of imide groups is 1. The second-order valence-electron chi connectivity index (χ2n) is 11.5. The Balaban J connectivity index is 1.42. The SMILES string of the molecule is CN(C=O)c1c(OC2CC3(CCN(C(=O)OC(C)(C)C)CC3)C2)cccc1N(C)C1CCC(=O)NC1=O. The number of hydrogen-bond acceptors (Lipinski definition) is 7. The van der Waals surface area contributed by atoms with Gasteiger partial charge in [0.1, 0.15) is 23.1 Å². The van der Waals surface area contributed by atoms with Crippen LogP contribution >= 0.6 is 0 Å². The molecule has 1 aromatic rings. The zero-order valence-corrected chi connectivity index (χ0v) is 22.4. The number of ether oxygens (including phenoxy) is 2. The maximum Gasteiger partial charge on any atom is 0.410 e. The molecule has 1 spiro atoms. The molecule has 0 aromatic heterocycles. The molecule has 2 aliphatic heterocycles. The topological polar surface area (TPSA) is 108 Å². The van der Waals surface area contributed by atoms with Crippen molar-refractivity contribution in [2.45, 2.75) is 77.0 Å². The van der Waals surface area contributed by atoms with Gasteiger partial charge in [-0.1, -0.05) is 6.07 Å². The van der Waals surface area contributed by atoms with Crippen molar-refractivity contribution in [2.24, 2.45) is 5.41 Å². The molecule has 1 unspecified atom stereocenters. The van der Waals surface area contributed by atoms with Gasteiger partial charge in [0.15, 0.2) is 0 Å². The molecular weight excluding hydrogens is 476 g/mol. The Bertz CT molecular complexity index is 1050. The van der Waals surface area contributed by atoms with Gasteiger partial charge >= 0.3 is 6.09 Å². The fourth-order valence-electron chi connectivity index (χ4n) is 5.58. The summed E-state index contributed by atoms with van der Waals surface area (Å²) < 4.78 is 11.9. The molecule has 2 heterocycles. The van der Waals surface area contributed by atoms with Gasteiger partial charge in [-0.2, -0.15) is 0 Å². The lowest BCUT2D eigenvalue weighted by molar-refractivity contribution is -0.134. The molecule has 4 rings (SSSR count). The Morgan fingerprint density at radius 2 is 1.84 bits per heavy atom. The first kappa shape index (κ1) is 26.8. The average molecular weight is 515 g/mol. The number of hydrogen-bond donors (Lipinski definition) is 1. The summed E-state index contributed by atoms with van der Waals surface area (Å²) in [7, 11) is 3.45. The van der Waals surface area contributed by atoms with E-state index in [9.17, 15) is 19.2 Å². The number of likely N-dealkylation sites (N-methyl/N-ethyl adjacent to an activating group) is 1. The monoisotopic (exact) mass is 514 g/mol. The predicted octanol–water partition coefficient (Wildman–Crippen LogP) is 3.08. The third kappa shape index (κ3) is 5.83. The van der Waals surface area contributed by atoms with Crippen LogP contribution < -0.4 is 19.9 Å².